The summed E-state index contributed by atoms with van der Waals surface area (Å²) in [7, 11) is -4.79. The molecule has 6 atom stereocenters. The summed E-state index contributed by atoms with van der Waals surface area (Å²) in [6, 6.07) is 3.62. The van der Waals surface area contributed by atoms with Crippen LogP contribution in [0.3, 0.4) is 0 Å². The number of hydrogen-bond donors (Lipinski definition) is 4. The quantitative estimate of drug-likeness (QED) is 0.0119. The van der Waals surface area contributed by atoms with Crippen LogP contribution in [0, 0.1) is 10.7 Å². The molecule has 1 fully saturated rings. The van der Waals surface area contributed by atoms with Gasteiger partial charge in [0.1, 0.15) is 30.7 Å². The Morgan fingerprint density at radius 2 is 1.05 bits per heavy atom. The number of benzene rings is 1. The lowest BCUT2D eigenvalue weighted by atomic mass is 9.99. The van der Waals surface area contributed by atoms with Gasteiger partial charge in [-0.3, -0.25) is 23.7 Å². The normalized spacial score (nSPS) is 18.2. The fraction of sp³-hybridized carbons (Fsp3) is 0.818. The smallest absolute Gasteiger partial charge is 0.308 e. The molecule has 0 aromatic heterocycles. The van der Waals surface area contributed by atoms with E-state index >= 15 is 0 Å². The predicted molar refractivity (Wildman–Crippen MR) is 314 cm³/mol. The predicted octanol–water partition coefficient (Wildman–Crippen LogP) is 12.9. The third kappa shape index (κ3) is 33.5. The number of carbonyl (C=O) groups excluding carboxylic acids is 4. The molecule has 1 aromatic carbocycles. The van der Waals surface area contributed by atoms with E-state index in [9.17, 15) is 42.4 Å². The Bertz CT molecular complexity index is 1810. The number of carbonyl (C=O) groups is 4. The average molecular weight is 1400 g/mol. The van der Waals surface area contributed by atoms with E-state index in [-0.39, 0.29) is 32.4 Å². The van der Waals surface area contributed by atoms with Crippen molar-refractivity contribution in [3.63, 3.8) is 0 Å². The van der Waals surface area contributed by atoms with Gasteiger partial charge in [-0.15, -0.1) is 0 Å². The van der Waals surface area contributed by atoms with Crippen molar-refractivity contribution in [3.8, 4) is 0 Å². The molecule has 1 aliphatic rings. The van der Waals surface area contributed by atoms with Gasteiger partial charge < -0.3 is 39.2 Å². The van der Waals surface area contributed by atoms with E-state index < -0.39 is 83.1 Å². The Hall–Kier alpha value is -0.960. The van der Waals surface area contributed by atoms with Gasteiger partial charge in [-0.05, 0) is 92.7 Å². The molecule has 0 spiro atoms. The van der Waals surface area contributed by atoms with Crippen molar-refractivity contribution in [2.75, 3.05) is 25.5 Å². The third-order valence-electron chi connectivity index (χ3n) is 13.3. The molecule has 1 amide bonds. The molecular weight excluding hydrogens is 1310 g/mol. The van der Waals surface area contributed by atoms with Gasteiger partial charge in [-0.1, -0.05) is 194 Å². The van der Waals surface area contributed by atoms with Crippen molar-refractivity contribution in [2.24, 2.45) is 0 Å². The van der Waals surface area contributed by atoms with Crippen LogP contribution >= 0.6 is 67.8 Å². The maximum absolute atomic E-state index is 13.1. The summed E-state index contributed by atoms with van der Waals surface area (Å²) in [6.45, 7) is 3.48. The van der Waals surface area contributed by atoms with Gasteiger partial charge in [0.2, 0.25) is 0 Å². The Labute approximate surface area is 485 Å². The molecule has 15 nitrogen and oxygen atoms in total. The standard InChI is InChI=1S/C55H92I3NO14S/c1-3-5-7-9-11-13-15-17-19-21-23-25-27-29-31-33-47(60)69-39-43(71-48(61)34-32-30-28-26-24-22-20-18-16-14-12-10-8-6-4-2)40-70-55-52(64)51(63)53(46(72-55)41-74(66,67)68)73-49(62)35-36-59-54(65)44-37-42(56)38-45(57)50(44)58/h37-38,43,46,51-53,55,63-64H,3-36,39-41H2,1-2H3,(H,59,65)(H,66,67,68)/t43?,46-,51-,52-,53-,55+/m1/s1. The van der Waals surface area contributed by atoms with Gasteiger partial charge in [0.05, 0.1) is 18.6 Å². The number of esters is 3. The van der Waals surface area contributed by atoms with E-state index in [1.54, 1.807) is 6.07 Å². The van der Waals surface area contributed by atoms with Crippen molar-refractivity contribution >= 4 is 102 Å². The summed E-state index contributed by atoms with van der Waals surface area (Å²) in [5.41, 5.74) is 0.416. The second-order valence-corrected chi connectivity index (χ2v) is 25.0. The van der Waals surface area contributed by atoms with E-state index in [4.69, 9.17) is 23.7 Å². The summed E-state index contributed by atoms with van der Waals surface area (Å²) >= 11 is 6.27. The van der Waals surface area contributed by atoms with Crippen molar-refractivity contribution in [1.82, 2.24) is 5.32 Å². The number of nitrogens with one attached hydrogen (secondary N) is 1. The number of aliphatic hydroxyl groups excluding tert-OH is 2. The summed E-state index contributed by atoms with van der Waals surface area (Å²) < 4.78 is 64.5. The molecule has 0 bridgehead atoms. The van der Waals surface area contributed by atoms with Crippen molar-refractivity contribution in [1.29, 1.82) is 0 Å². The second kappa shape index (κ2) is 42.9. The number of hydrogen-bond acceptors (Lipinski definition) is 13. The number of unbranched alkanes of at least 4 members (excludes halogenated alkanes) is 28. The van der Waals surface area contributed by atoms with E-state index in [1.807, 2.05) is 6.07 Å². The highest BCUT2D eigenvalue weighted by atomic mass is 127. The zero-order valence-electron chi connectivity index (χ0n) is 44.7. The number of ether oxygens (including phenoxy) is 5. The van der Waals surface area contributed by atoms with Gasteiger partial charge in [0.15, 0.2) is 18.5 Å². The minimum Gasteiger partial charge on any atom is -0.462 e. The Balaban J connectivity index is 1.90. The largest absolute Gasteiger partial charge is 0.462 e. The van der Waals surface area contributed by atoms with Crippen LogP contribution in [0.25, 0.3) is 0 Å². The molecule has 1 heterocycles. The fourth-order valence-electron chi connectivity index (χ4n) is 8.94. The van der Waals surface area contributed by atoms with Crippen LogP contribution in [0.1, 0.15) is 236 Å². The first-order valence-electron chi connectivity index (χ1n) is 28.1. The van der Waals surface area contributed by atoms with Crippen molar-refractivity contribution in [2.45, 2.75) is 263 Å². The van der Waals surface area contributed by atoms with Gasteiger partial charge in [0, 0.05) is 30.1 Å². The van der Waals surface area contributed by atoms with Gasteiger partial charge in [-0.2, -0.15) is 8.42 Å². The van der Waals surface area contributed by atoms with Crippen LogP contribution in [-0.4, -0.2) is 109 Å². The zero-order chi connectivity index (χ0) is 54.4. The van der Waals surface area contributed by atoms with E-state index in [1.165, 1.54) is 135 Å². The lowest BCUT2D eigenvalue weighted by Gasteiger charge is -2.41. The molecule has 0 saturated carbocycles. The SMILES string of the molecule is CCCCCCCCCCCCCCCCCC(=O)OCC(CO[C@H]1O[C@H](CS(=O)(=O)O)[C@@H](OC(=O)CCNC(=O)c2cc(I)cc(I)c2I)[C@H](O)[C@H]1O)OC(=O)CCCCCCCCCCCCCCCCC. The summed E-state index contributed by atoms with van der Waals surface area (Å²) in [5, 5.41) is 24.9. The fourth-order valence-corrected chi connectivity index (χ4v) is 12.0. The van der Waals surface area contributed by atoms with Crippen molar-refractivity contribution in [3.05, 3.63) is 28.4 Å². The molecule has 2 rings (SSSR count). The van der Waals surface area contributed by atoms with Crippen LogP contribution < -0.4 is 5.32 Å². The number of aliphatic hydroxyl groups is 2. The Morgan fingerprint density at radius 1 is 0.608 bits per heavy atom. The first-order valence-corrected chi connectivity index (χ1v) is 33.0. The van der Waals surface area contributed by atoms with Crippen LogP contribution in [0.15, 0.2) is 12.1 Å². The van der Waals surface area contributed by atoms with Gasteiger partial charge in [0.25, 0.3) is 16.0 Å². The summed E-state index contributed by atoms with van der Waals surface area (Å²) in [4.78, 5) is 51.8. The first-order chi connectivity index (χ1) is 35.6. The monoisotopic (exact) mass is 1400 g/mol. The highest BCUT2D eigenvalue weighted by Crippen LogP contribution is 2.27. The van der Waals surface area contributed by atoms with Crippen LogP contribution in [0.2, 0.25) is 0 Å². The van der Waals surface area contributed by atoms with E-state index in [0.29, 0.717) is 18.4 Å². The minimum atomic E-state index is -4.79. The molecule has 4 N–H and O–H groups in total. The van der Waals surface area contributed by atoms with E-state index in [0.717, 1.165) is 55.7 Å². The second-order valence-electron chi connectivity index (χ2n) is 20.0. The molecular formula is C55H92I3NO14S. The minimum absolute atomic E-state index is 0.126. The highest BCUT2D eigenvalue weighted by Gasteiger charge is 2.49. The van der Waals surface area contributed by atoms with Crippen LogP contribution in [0.5, 0.6) is 0 Å². The van der Waals surface area contributed by atoms with Gasteiger partial charge in [-0.25, -0.2) is 0 Å². The lowest BCUT2D eigenvalue weighted by molar-refractivity contribution is -0.299. The molecule has 1 saturated heterocycles. The molecule has 19 heteroatoms. The number of amides is 1. The van der Waals surface area contributed by atoms with Gasteiger partial charge >= 0.3 is 17.9 Å². The Morgan fingerprint density at radius 3 is 1.51 bits per heavy atom. The maximum atomic E-state index is 13.1. The first kappa shape index (κ1) is 69.1. The third-order valence-corrected chi connectivity index (χ3v) is 17.7. The topological polar surface area (TPSA) is 221 Å². The van der Waals surface area contributed by atoms with Crippen molar-refractivity contribution < 1.29 is 66.0 Å². The molecule has 1 aromatic rings. The Kier molecular flexibility index (Phi) is 40.1. The molecule has 0 radical (unpaired) electrons. The van der Waals surface area contributed by atoms with Crippen LogP contribution in [0.4, 0.5) is 0 Å². The lowest BCUT2D eigenvalue weighted by Crippen LogP contribution is -2.61. The summed E-state index contributed by atoms with van der Waals surface area (Å²) in [5.74, 6) is -3.52. The molecule has 1 unspecified atom stereocenters. The summed E-state index contributed by atoms with van der Waals surface area (Å²) in [6.07, 6.45) is 25.4. The number of rotatable bonds is 45. The molecule has 0 aliphatic carbocycles. The highest BCUT2D eigenvalue weighted by molar-refractivity contribution is 14.1. The zero-order valence-corrected chi connectivity index (χ0v) is 51.9. The molecule has 1 aliphatic heterocycles. The van der Waals surface area contributed by atoms with E-state index in [2.05, 4.69) is 86.9 Å². The number of halogens is 3. The maximum Gasteiger partial charge on any atom is 0.308 e. The van der Waals surface area contributed by atoms with Crippen LogP contribution in [-0.2, 0) is 48.2 Å². The average Bonchev–Trinajstić information content (AvgIpc) is 3.35. The molecule has 74 heavy (non-hydrogen) atoms. The molecule has 428 valence electrons.